The molecule has 1 N–H and O–H groups in total. The van der Waals surface area contributed by atoms with Crippen LogP contribution in [0.5, 0.6) is 0 Å². The summed E-state index contributed by atoms with van der Waals surface area (Å²) in [5.74, 6) is -0.239. The van der Waals surface area contributed by atoms with Crippen molar-refractivity contribution in [1.29, 1.82) is 0 Å². The van der Waals surface area contributed by atoms with Gasteiger partial charge in [-0.05, 0) is 75.4 Å². The van der Waals surface area contributed by atoms with Crippen molar-refractivity contribution in [3.63, 3.8) is 0 Å². The van der Waals surface area contributed by atoms with E-state index in [0.717, 1.165) is 38.6 Å². The lowest BCUT2D eigenvalue weighted by Crippen LogP contribution is -2.41. The van der Waals surface area contributed by atoms with E-state index in [1.807, 2.05) is 7.11 Å². The number of Topliss-reactive ketones (excluding diaryl/α,β-unsaturated/α-hetero) is 1. The maximum absolute atomic E-state index is 12.9. The highest BCUT2D eigenvalue weighted by Gasteiger charge is 2.36. The Morgan fingerprint density at radius 3 is 2.31 bits per heavy atom. The Hall–Kier alpha value is -1.75. The minimum Gasteiger partial charge on any atom is -0.374 e. The van der Waals surface area contributed by atoms with Crippen molar-refractivity contribution in [2.24, 2.45) is 0 Å². The van der Waals surface area contributed by atoms with Crippen molar-refractivity contribution in [2.45, 2.75) is 57.1 Å². The second-order valence-electron chi connectivity index (χ2n) is 7.83. The van der Waals surface area contributed by atoms with Gasteiger partial charge in [-0.3, -0.25) is 4.79 Å². The average Bonchev–Trinajstić information content (AvgIpc) is 2.72. The smallest absolute Gasteiger partial charge is 0.162 e. The molecule has 0 spiro atoms. The van der Waals surface area contributed by atoms with Crippen molar-refractivity contribution < 1.29 is 13.9 Å². The highest BCUT2D eigenvalue weighted by atomic mass is 35.5. The Kier molecular flexibility index (Phi) is 8.81. The fraction of sp³-hybridized carbons (Fsp3) is 0.458. The van der Waals surface area contributed by atoms with E-state index in [1.54, 1.807) is 12.1 Å². The molecule has 0 bridgehead atoms. The summed E-state index contributed by atoms with van der Waals surface area (Å²) in [6, 6.07) is 14.9. The number of aryl methyl sites for hydroxylation is 1. The number of halogens is 2. The second kappa shape index (κ2) is 10.9. The lowest BCUT2D eigenvalue weighted by Gasteiger charge is -2.40. The average molecular weight is 420 g/mol. The molecular weight excluding hydrogens is 389 g/mol. The van der Waals surface area contributed by atoms with E-state index in [2.05, 4.69) is 36.5 Å². The van der Waals surface area contributed by atoms with Gasteiger partial charge in [-0.25, -0.2) is 4.39 Å². The number of carbonyl (C=O) groups is 1. The molecule has 0 radical (unpaired) electrons. The summed E-state index contributed by atoms with van der Waals surface area (Å²) >= 11 is 0. The summed E-state index contributed by atoms with van der Waals surface area (Å²) in [4.78, 5) is 12.1. The monoisotopic (exact) mass is 419 g/mol. The summed E-state index contributed by atoms with van der Waals surface area (Å²) in [6.45, 7) is 2.92. The van der Waals surface area contributed by atoms with Gasteiger partial charge < -0.3 is 10.1 Å². The first-order chi connectivity index (χ1) is 13.5. The fourth-order valence-corrected chi connectivity index (χ4v) is 4.09. The van der Waals surface area contributed by atoms with Crippen LogP contribution in [-0.2, 0) is 10.3 Å². The number of methoxy groups -OCH3 is 1. The molecule has 3 rings (SSSR count). The van der Waals surface area contributed by atoms with Crippen molar-refractivity contribution in [2.75, 3.05) is 13.7 Å². The molecule has 1 aliphatic rings. The maximum Gasteiger partial charge on any atom is 0.162 e. The van der Waals surface area contributed by atoms with Crippen molar-refractivity contribution in [1.82, 2.24) is 5.32 Å². The summed E-state index contributed by atoms with van der Waals surface area (Å²) < 4.78 is 18.9. The number of ether oxygens (including phenoxy) is 1. The third kappa shape index (κ3) is 6.11. The molecule has 0 saturated heterocycles. The Balaban J connectivity index is 0.00000300. The number of carbonyl (C=O) groups excluding carboxylic acids is 1. The Morgan fingerprint density at radius 2 is 1.72 bits per heavy atom. The molecule has 0 aliphatic heterocycles. The number of nitrogens with one attached hydrogen (secondary N) is 1. The zero-order valence-electron chi connectivity index (χ0n) is 17.2. The first-order valence-corrected chi connectivity index (χ1v) is 10.2. The molecule has 1 fully saturated rings. The minimum absolute atomic E-state index is 0. The van der Waals surface area contributed by atoms with E-state index in [4.69, 9.17) is 4.74 Å². The van der Waals surface area contributed by atoms with Crippen LogP contribution in [0.1, 0.15) is 60.0 Å². The summed E-state index contributed by atoms with van der Waals surface area (Å²) in [5, 5.41) is 3.59. The maximum atomic E-state index is 12.9. The minimum atomic E-state index is -0.312. The van der Waals surface area contributed by atoms with Gasteiger partial charge >= 0.3 is 0 Å². The van der Waals surface area contributed by atoms with E-state index in [1.165, 1.54) is 23.3 Å². The molecule has 0 amide bonds. The molecule has 2 aromatic carbocycles. The van der Waals surface area contributed by atoms with Crippen LogP contribution >= 0.6 is 12.4 Å². The summed E-state index contributed by atoms with van der Waals surface area (Å²) in [5.41, 5.74) is 2.94. The van der Waals surface area contributed by atoms with Crippen LogP contribution in [0.2, 0.25) is 0 Å². The Morgan fingerprint density at radius 1 is 1.10 bits per heavy atom. The number of benzene rings is 2. The third-order valence-electron chi connectivity index (χ3n) is 5.94. The molecule has 29 heavy (non-hydrogen) atoms. The van der Waals surface area contributed by atoms with E-state index in [-0.39, 0.29) is 29.6 Å². The lowest BCUT2D eigenvalue weighted by molar-refractivity contribution is -0.0500. The first kappa shape index (κ1) is 23.5. The van der Waals surface area contributed by atoms with Gasteiger partial charge in [0, 0.05) is 25.1 Å². The van der Waals surface area contributed by atoms with Crippen LogP contribution in [0, 0.1) is 12.7 Å². The predicted molar refractivity (Wildman–Crippen MR) is 117 cm³/mol. The van der Waals surface area contributed by atoms with Gasteiger partial charge in [-0.2, -0.15) is 0 Å². The molecule has 1 aliphatic carbocycles. The largest absolute Gasteiger partial charge is 0.374 e. The molecule has 1 saturated carbocycles. The van der Waals surface area contributed by atoms with Gasteiger partial charge in [0.25, 0.3) is 0 Å². The normalized spacial score (nSPS) is 21.4. The summed E-state index contributed by atoms with van der Waals surface area (Å²) in [6.07, 6.45) is 5.40. The third-order valence-corrected chi connectivity index (χ3v) is 5.94. The standard InChI is InChI=1S/C24H30FNO2.ClH/c1-18-5-9-20(10-6-18)24(28-2)15-13-22(14-16-24)26-17-3-4-23(27)19-7-11-21(25)12-8-19;/h5-12,22,26H,3-4,13-17H2,1-2H3;1H/t22-,24-;. The molecule has 158 valence electrons. The fourth-order valence-electron chi connectivity index (χ4n) is 4.09. The molecule has 0 unspecified atom stereocenters. The van der Waals surface area contributed by atoms with Crippen LogP contribution in [0.3, 0.4) is 0 Å². The number of rotatable bonds is 8. The van der Waals surface area contributed by atoms with Gasteiger partial charge in [-0.1, -0.05) is 29.8 Å². The van der Waals surface area contributed by atoms with Gasteiger partial charge in [0.15, 0.2) is 5.78 Å². The van der Waals surface area contributed by atoms with Crippen LogP contribution in [-0.4, -0.2) is 25.5 Å². The van der Waals surface area contributed by atoms with E-state index >= 15 is 0 Å². The lowest BCUT2D eigenvalue weighted by atomic mass is 9.77. The highest BCUT2D eigenvalue weighted by Crippen LogP contribution is 2.40. The van der Waals surface area contributed by atoms with Crippen LogP contribution < -0.4 is 5.32 Å². The van der Waals surface area contributed by atoms with Crippen molar-refractivity contribution >= 4 is 18.2 Å². The number of hydrogen-bond donors (Lipinski definition) is 1. The van der Waals surface area contributed by atoms with Crippen LogP contribution in [0.4, 0.5) is 4.39 Å². The Labute approximate surface area is 179 Å². The van der Waals surface area contributed by atoms with Gasteiger partial charge in [0.2, 0.25) is 0 Å². The van der Waals surface area contributed by atoms with Crippen LogP contribution in [0.15, 0.2) is 48.5 Å². The van der Waals surface area contributed by atoms with Crippen molar-refractivity contribution in [3.8, 4) is 0 Å². The zero-order chi connectivity index (χ0) is 20.0. The van der Waals surface area contributed by atoms with E-state index < -0.39 is 0 Å². The predicted octanol–water partition coefficient (Wildman–Crippen LogP) is 5.59. The molecule has 0 heterocycles. The van der Waals surface area contributed by atoms with Gasteiger partial charge in [0.05, 0.1) is 5.60 Å². The van der Waals surface area contributed by atoms with Crippen molar-refractivity contribution in [3.05, 3.63) is 71.0 Å². The molecule has 5 heteroatoms. The topological polar surface area (TPSA) is 38.3 Å². The molecule has 0 aromatic heterocycles. The Bertz CT molecular complexity index is 768. The van der Waals surface area contributed by atoms with Gasteiger partial charge in [0.1, 0.15) is 5.82 Å². The quantitative estimate of drug-likeness (QED) is 0.447. The zero-order valence-corrected chi connectivity index (χ0v) is 18.1. The first-order valence-electron chi connectivity index (χ1n) is 10.2. The van der Waals surface area contributed by atoms with E-state index in [0.29, 0.717) is 18.0 Å². The number of hydrogen-bond acceptors (Lipinski definition) is 3. The summed E-state index contributed by atoms with van der Waals surface area (Å²) in [7, 11) is 1.81. The van der Waals surface area contributed by atoms with Crippen LogP contribution in [0.25, 0.3) is 0 Å². The molecular formula is C24H31ClFNO2. The van der Waals surface area contributed by atoms with E-state index in [9.17, 15) is 9.18 Å². The SMILES string of the molecule is CO[C@]1(c2ccc(C)cc2)CC[C@@H](NCCCC(=O)c2ccc(F)cc2)CC1.Cl. The molecule has 3 nitrogen and oxygen atoms in total. The molecule has 0 atom stereocenters. The second-order valence-corrected chi connectivity index (χ2v) is 7.83. The highest BCUT2D eigenvalue weighted by molar-refractivity contribution is 5.95. The van der Waals surface area contributed by atoms with Gasteiger partial charge in [-0.15, -0.1) is 12.4 Å². The number of ketones is 1. The molecule has 2 aromatic rings.